The van der Waals surface area contributed by atoms with Gasteiger partial charge in [-0.25, -0.2) is 4.85 Å². The van der Waals surface area contributed by atoms with E-state index in [1.54, 1.807) is 30.5 Å². The molecule has 0 aliphatic heterocycles. The van der Waals surface area contributed by atoms with Crippen molar-refractivity contribution in [3.05, 3.63) is 112 Å². The van der Waals surface area contributed by atoms with Crippen molar-refractivity contribution in [2.45, 2.75) is 38.2 Å². The number of carboxylic acids is 1. The molecule has 1 aromatic heterocycles. The fraction of sp³-hybridized carbons (Fsp3) is 0.226. The highest BCUT2D eigenvalue weighted by Gasteiger charge is 2.27. The van der Waals surface area contributed by atoms with Crippen molar-refractivity contribution in [2.75, 3.05) is 6.54 Å². The number of halogens is 1. The number of fused-ring (bicyclic) bond motifs is 1. The number of hydrogen-bond acceptors (Lipinski definition) is 4. The van der Waals surface area contributed by atoms with Crippen molar-refractivity contribution in [2.24, 2.45) is 0 Å². The molecule has 1 heterocycles. The molecule has 0 saturated heterocycles. The van der Waals surface area contributed by atoms with E-state index in [1.807, 2.05) is 48.5 Å². The molecule has 198 valence electrons. The van der Waals surface area contributed by atoms with Crippen LogP contribution in [0, 0.1) is 6.57 Å². The second kappa shape index (κ2) is 12.9. The highest BCUT2D eigenvalue weighted by Crippen LogP contribution is 2.40. The number of benzene rings is 3. The lowest BCUT2D eigenvalue weighted by atomic mass is 9.85. The first-order valence-electron chi connectivity index (χ1n) is 12.7. The second-order valence-corrected chi connectivity index (χ2v) is 9.57. The summed E-state index contributed by atoms with van der Waals surface area (Å²) in [6.45, 7) is 9.49. The summed E-state index contributed by atoms with van der Waals surface area (Å²) in [5.41, 5.74) is 3.61. The van der Waals surface area contributed by atoms with Gasteiger partial charge in [-0.1, -0.05) is 61.3 Å². The molecule has 0 saturated carbocycles. The van der Waals surface area contributed by atoms with Crippen LogP contribution in [0.1, 0.15) is 59.7 Å². The maximum absolute atomic E-state index is 12.5. The number of carboxylic acid groups (broad SMARTS) is 1. The summed E-state index contributed by atoms with van der Waals surface area (Å²) in [7, 11) is 0. The van der Waals surface area contributed by atoms with E-state index in [4.69, 9.17) is 28.0 Å². The quantitative estimate of drug-likeness (QED) is 0.194. The molecular weight excluding hydrogens is 514 g/mol. The molecule has 0 aliphatic rings. The number of aromatic nitrogens is 1. The van der Waals surface area contributed by atoms with E-state index < -0.39 is 5.97 Å². The van der Waals surface area contributed by atoms with Gasteiger partial charge in [0, 0.05) is 34.6 Å². The SMILES string of the molecule is [C-]#[N+]c1ccc2c(O[C@@H](c3ccc(Cl)cc3)[C@H](CCC)c3ccc(C(=O)NCCC(=O)O)cc3)ccnc2c1. The molecule has 39 heavy (non-hydrogen) atoms. The molecule has 0 unspecified atom stereocenters. The van der Waals surface area contributed by atoms with Gasteiger partial charge in [0.1, 0.15) is 11.9 Å². The Morgan fingerprint density at radius 1 is 1.05 bits per heavy atom. The number of pyridine rings is 1. The van der Waals surface area contributed by atoms with Crippen LogP contribution in [0.3, 0.4) is 0 Å². The maximum Gasteiger partial charge on any atom is 0.305 e. The number of carbonyl (C=O) groups is 2. The first-order chi connectivity index (χ1) is 18.9. The molecule has 7 nitrogen and oxygen atoms in total. The monoisotopic (exact) mass is 541 g/mol. The standard InChI is InChI=1S/C31H28ClN3O4/c1-3-4-25(20-5-7-22(8-6-20)31(38)35-18-16-29(36)37)30(21-9-11-23(32)12-10-21)39-28-15-17-34-27-19-24(33-2)13-14-26(27)28/h5-15,17,19,25,30H,3-4,16,18H2,1H3,(H,35,38)(H,36,37)/t25-,30+/m1/s1. The van der Waals surface area contributed by atoms with Gasteiger partial charge in [0.05, 0.1) is 18.5 Å². The zero-order valence-corrected chi connectivity index (χ0v) is 22.2. The summed E-state index contributed by atoms with van der Waals surface area (Å²) in [6, 6.07) is 22.1. The molecular formula is C31H28ClN3O4. The zero-order chi connectivity index (χ0) is 27.8. The van der Waals surface area contributed by atoms with Gasteiger partial charge < -0.3 is 15.2 Å². The number of amides is 1. The molecule has 8 heteroatoms. The van der Waals surface area contributed by atoms with Crippen LogP contribution in [0.15, 0.2) is 79.0 Å². The van der Waals surface area contributed by atoms with Crippen LogP contribution < -0.4 is 10.1 Å². The normalized spacial score (nSPS) is 12.3. The summed E-state index contributed by atoms with van der Waals surface area (Å²) in [6.07, 6.45) is 2.90. The van der Waals surface area contributed by atoms with Crippen LogP contribution >= 0.6 is 11.6 Å². The van der Waals surface area contributed by atoms with E-state index in [0.717, 1.165) is 29.4 Å². The van der Waals surface area contributed by atoms with Crippen molar-refractivity contribution in [3.63, 3.8) is 0 Å². The van der Waals surface area contributed by atoms with Gasteiger partial charge in [0.2, 0.25) is 0 Å². The summed E-state index contributed by atoms with van der Waals surface area (Å²) in [4.78, 5) is 31.1. The Labute approximate surface area is 232 Å². The molecule has 2 atom stereocenters. The summed E-state index contributed by atoms with van der Waals surface area (Å²) in [5, 5.41) is 12.9. The van der Waals surface area contributed by atoms with Crippen LogP contribution in [0.5, 0.6) is 5.75 Å². The van der Waals surface area contributed by atoms with Crippen molar-refractivity contribution in [3.8, 4) is 5.75 Å². The number of rotatable bonds is 11. The molecule has 0 radical (unpaired) electrons. The fourth-order valence-corrected chi connectivity index (χ4v) is 4.65. The minimum absolute atomic E-state index is 0.0500. The van der Waals surface area contributed by atoms with Gasteiger partial charge >= 0.3 is 5.97 Å². The number of nitrogens with one attached hydrogen (secondary N) is 1. The summed E-state index contributed by atoms with van der Waals surface area (Å²) in [5.74, 6) is -0.671. The molecule has 4 aromatic rings. The third kappa shape index (κ3) is 6.92. The molecule has 1 amide bonds. The first kappa shape index (κ1) is 27.6. The van der Waals surface area contributed by atoms with E-state index in [0.29, 0.717) is 27.5 Å². The van der Waals surface area contributed by atoms with Crippen molar-refractivity contribution >= 4 is 40.1 Å². The van der Waals surface area contributed by atoms with Crippen LogP contribution in [-0.4, -0.2) is 28.5 Å². The molecule has 0 bridgehead atoms. The highest BCUT2D eigenvalue weighted by atomic mass is 35.5. The predicted molar refractivity (Wildman–Crippen MR) is 152 cm³/mol. The predicted octanol–water partition coefficient (Wildman–Crippen LogP) is 7.35. The van der Waals surface area contributed by atoms with Crippen LogP contribution in [0.4, 0.5) is 5.69 Å². The van der Waals surface area contributed by atoms with Crippen molar-refractivity contribution < 1.29 is 19.4 Å². The summed E-state index contributed by atoms with van der Waals surface area (Å²) < 4.78 is 6.75. The second-order valence-electron chi connectivity index (χ2n) is 9.13. The Bertz CT molecular complexity index is 1500. The molecule has 0 spiro atoms. The number of ether oxygens (including phenoxy) is 1. The average molecular weight is 542 g/mol. The zero-order valence-electron chi connectivity index (χ0n) is 21.4. The number of nitrogens with zero attached hydrogens (tertiary/aromatic N) is 2. The lowest BCUT2D eigenvalue weighted by Crippen LogP contribution is -2.26. The van der Waals surface area contributed by atoms with E-state index >= 15 is 0 Å². The Balaban J connectivity index is 1.69. The van der Waals surface area contributed by atoms with Crippen LogP contribution in [0.25, 0.3) is 15.7 Å². The minimum Gasteiger partial charge on any atom is -0.484 e. The lowest BCUT2D eigenvalue weighted by molar-refractivity contribution is -0.136. The topological polar surface area (TPSA) is 92.9 Å². The smallest absolute Gasteiger partial charge is 0.305 e. The number of carbonyl (C=O) groups excluding carboxylic acids is 1. The molecule has 0 fully saturated rings. The van der Waals surface area contributed by atoms with Crippen molar-refractivity contribution in [1.29, 1.82) is 0 Å². The molecule has 0 aliphatic carbocycles. The Kier molecular flexibility index (Phi) is 9.14. The van der Waals surface area contributed by atoms with Gasteiger partial charge in [-0.15, -0.1) is 0 Å². The summed E-state index contributed by atoms with van der Waals surface area (Å²) >= 11 is 6.20. The fourth-order valence-electron chi connectivity index (χ4n) is 4.52. The Morgan fingerprint density at radius 2 is 1.77 bits per heavy atom. The van der Waals surface area contributed by atoms with Crippen molar-refractivity contribution in [1.82, 2.24) is 10.3 Å². The van der Waals surface area contributed by atoms with Gasteiger partial charge in [0.25, 0.3) is 5.91 Å². The Hall–Kier alpha value is -4.41. The Morgan fingerprint density at radius 3 is 2.44 bits per heavy atom. The molecule has 2 N–H and O–H groups in total. The largest absolute Gasteiger partial charge is 0.484 e. The third-order valence-corrected chi connectivity index (χ3v) is 6.71. The maximum atomic E-state index is 12.5. The number of hydrogen-bond donors (Lipinski definition) is 2. The lowest BCUT2D eigenvalue weighted by Gasteiger charge is -2.29. The van der Waals surface area contributed by atoms with Gasteiger partial charge in [-0.2, -0.15) is 0 Å². The number of aliphatic carboxylic acids is 1. The molecule has 4 rings (SSSR count). The minimum atomic E-state index is -0.963. The van der Waals surface area contributed by atoms with Crippen LogP contribution in [-0.2, 0) is 4.79 Å². The highest BCUT2D eigenvalue weighted by molar-refractivity contribution is 6.30. The van der Waals surface area contributed by atoms with Gasteiger partial charge in [-0.3, -0.25) is 14.6 Å². The van der Waals surface area contributed by atoms with E-state index in [-0.39, 0.29) is 30.9 Å². The van der Waals surface area contributed by atoms with E-state index in [2.05, 4.69) is 22.1 Å². The molecule has 3 aromatic carbocycles. The van der Waals surface area contributed by atoms with E-state index in [9.17, 15) is 9.59 Å². The van der Waals surface area contributed by atoms with Crippen LogP contribution in [0.2, 0.25) is 5.02 Å². The van der Waals surface area contributed by atoms with Gasteiger partial charge in [-0.05, 0) is 53.9 Å². The van der Waals surface area contributed by atoms with E-state index in [1.165, 1.54) is 0 Å². The average Bonchev–Trinajstić information content (AvgIpc) is 2.95. The third-order valence-electron chi connectivity index (χ3n) is 6.46. The first-order valence-corrected chi connectivity index (χ1v) is 13.1. The van der Waals surface area contributed by atoms with Gasteiger partial charge in [0.15, 0.2) is 5.69 Å².